The van der Waals surface area contributed by atoms with Crippen LogP contribution in [0.4, 0.5) is 14.5 Å². The number of carbonyl (C=O) groups excluding carboxylic acids is 1. The summed E-state index contributed by atoms with van der Waals surface area (Å²) in [5.74, 6) is -2.40. The van der Waals surface area contributed by atoms with Gasteiger partial charge < -0.3 is 10.1 Å². The van der Waals surface area contributed by atoms with Crippen LogP contribution in [0.2, 0.25) is 0 Å². The van der Waals surface area contributed by atoms with Crippen molar-refractivity contribution in [1.29, 1.82) is 0 Å². The molecule has 0 saturated heterocycles. The van der Waals surface area contributed by atoms with Crippen LogP contribution < -0.4 is 14.8 Å². The summed E-state index contributed by atoms with van der Waals surface area (Å²) in [4.78, 5) is 12.0. The number of benzene rings is 2. The molecule has 0 aromatic heterocycles. The Labute approximate surface area is 143 Å². The second-order valence-corrected chi connectivity index (χ2v) is 6.85. The van der Waals surface area contributed by atoms with E-state index in [0.29, 0.717) is 5.75 Å². The number of hydrogen-bond acceptors (Lipinski definition) is 4. The number of anilines is 1. The molecular formula is C16H16F2N2O4S. The van der Waals surface area contributed by atoms with E-state index >= 15 is 0 Å². The molecule has 0 unspecified atom stereocenters. The number of hydrogen-bond donors (Lipinski definition) is 2. The summed E-state index contributed by atoms with van der Waals surface area (Å²) in [7, 11) is -2.49. The molecule has 134 valence electrons. The van der Waals surface area contributed by atoms with Gasteiger partial charge in [-0.1, -0.05) is 0 Å². The van der Waals surface area contributed by atoms with E-state index < -0.39 is 33.6 Å². The highest BCUT2D eigenvalue weighted by atomic mass is 32.2. The van der Waals surface area contributed by atoms with Crippen molar-refractivity contribution in [3.63, 3.8) is 0 Å². The SMILES string of the molecule is COc1ccc(S(=O)(=O)N[C@@H](C)C(=O)Nc2ccc(F)c(F)c2)cc1. The summed E-state index contributed by atoms with van der Waals surface area (Å²) < 4.78 is 57.7. The van der Waals surface area contributed by atoms with Crippen molar-refractivity contribution in [2.45, 2.75) is 17.9 Å². The Balaban J connectivity index is 2.07. The van der Waals surface area contributed by atoms with Gasteiger partial charge >= 0.3 is 0 Å². The molecule has 0 bridgehead atoms. The predicted molar refractivity (Wildman–Crippen MR) is 87.8 cm³/mol. The first-order valence-electron chi connectivity index (χ1n) is 7.15. The van der Waals surface area contributed by atoms with Crippen molar-refractivity contribution >= 4 is 21.6 Å². The molecule has 2 aromatic rings. The van der Waals surface area contributed by atoms with Gasteiger partial charge in [0.25, 0.3) is 0 Å². The van der Waals surface area contributed by atoms with Crippen LogP contribution in [0, 0.1) is 11.6 Å². The molecule has 25 heavy (non-hydrogen) atoms. The van der Waals surface area contributed by atoms with Crippen LogP contribution in [0.5, 0.6) is 5.75 Å². The van der Waals surface area contributed by atoms with Gasteiger partial charge in [-0.05, 0) is 43.3 Å². The normalized spacial score (nSPS) is 12.5. The number of nitrogens with one attached hydrogen (secondary N) is 2. The fourth-order valence-corrected chi connectivity index (χ4v) is 3.14. The smallest absolute Gasteiger partial charge is 0.242 e. The third-order valence-electron chi connectivity index (χ3n) is 3.28. The number of methoxy groups -OCH3 is 1. The van der Waals surface area contributed by atoms with Gasteiger partial charge in [0.1, 0.15) is 5.75 Å². The van der Waals surface area contributed by atoms with E-state index in [2.05, 4.69) is 10.0 Å². The lowest BCUT2D eigenvalue weighted by Crippen LogP contribution is -2.41. The Morgan fingerprint density at radius 1 is 1.08 bits per heavy atom. The summed E-state index contributed by atoms with van der Waals surface area (Å²) in [5.41, 5.74) is 0.0133. The molecule has 9 heteroatoms. The molecular weight excluding hydrogens is 354 g/mol. The molecule has 0 heterocycles. The summed E-state index contributed by atoms with van der Waals surface area (Å²) in [6.45, 7) is 1.33. The molecule has 2 aromatic carbocycles. The molecule has 2 N–H and O–H groups in total. The zero-order chi connectivity index (χ0) is 18.6. The minimum absolute atomic E-state index is 0.0133. The van der Waals surface area contributed by atoms with E-state index in [0.717, 1.165) is 12.1 Å². The first kappa shape index (κ1) is 18.8. The van der Waals surface area contributed by atoms with Crippen molar-refractivity contribution < 1.29 is 26.7 Å². The topological polar surface area (TPSA) is 84.5 Å². The van der Waals surface area contributed by atoms with Crippen LogP contribution in [0.3, 0.4) is 0 Å². The Morgan fingerprint density at radius 2 is 1.72 bits per heavy atom. The number of amides is 1. The lowest BCUT2D eigenvalue weighted by atomic mass is 10.2. The maximum atomic E-state index is 13.1. The molecule has 0 saturated carbocycles. The zero-order valence-corrected chi connectivity index (χ0v) is 14.2. The van der Waals surface area contributed by atoms with Crippen molar-refractivity contribution in [2.75, 3.05) is 12.4 Å². The second kappa shape index (κ2) is 7.58. The highest BCUT2D eigenvalue weighted by molar-refractivity contribution is 7.89. The van der Waals surface area contributed by atoms with E-state index in [1.807, 2.05) is 0 Å². The molecule has 0 radical (unpaired) electrons. The van der Waals surface area contributed by atoms with E-state index in [1.165, 1.54) is 44.4 Å². The van der Waals surface area contributed by atoms with Crippen molar-refractivity contribution in [1.82, 2.24) is 4.72 Å². The van der Waals surface area contributed by atoms with E-state index in [1.54, 1.807) is 0 Å². The number of sulfonamides is 1. The van der Waals surface area contributed by atoms with E-state index in [4.69, 9.17) is 4.74 Å². The molecule has 1 amide bonds. The number of carbonyl (C=O) groups is 1. The average molecular weight is 370 g/mol. The number of ether oxygens (including phenoxy) is 1. The summed E-state index contributed by atoms with van der Waals surface area (Å²) >= 11 is 0. The van der Waals surface area contributed by atoms with Crippen LogP contribution in [0.25, 0.3) is 0 Å². The quantitative estimate of drug-likeness (QED) is 0.817. The lowest BCUT2D eigenvalue weighted by Gasteiger charge is -2.15. The minimum atomic E-state index is -3.94. The van der Waals surface area contributed by atoms with Gasteiger partial charge in [0.2, 0.25) is 15.9 Å². The highest BCUT2D eigenvalue weighted by Crippen LogP contribution is 2.16. The lowest BCUT2D eigenvalue weighted by molar-refractivity contribution is -0.117. The number of halogens is 2. The summed E-state index contributed by atoms with van der Waals surface area (Å²) in [5, 5.41) is 2.31. The Hall–Kier alpha value is -2.52. The van der Waals surface area contributed by atoms with Crippen molar-refractivity contribution in [2.24, 2.45) is 0 Å². The highest BCUT2D eigenvalue weighted by Gasteiger charge is 2.22. The molecule has 6 nitrogen and oxygen atoms in total. The third-order valence-corrected chi connectivity index (χ3v) is 4.84. The molecule has 0 aliphatic rings. The fourth-order valence-electron chi connectivity index (χ4n) is 1.93. The monoisotopic (exact) mass is 370 g/mol. The van der Waals surface area contributed by atoms with Gasteiger partial charge in [-0.3, -0.25) is 4.79 Å². The molecule has 0 spiro atoms. The maximum absolute atomic E-state index is 13.1. The van der Waals surface area contributed by atoms with E-state index in [9.17, 15) is 22.0 Å². The van der Waals surface area contributed by atoms with Gasteiger partial charge in [0.05, 0.1) is 18.0 Å². The zero-order valence-electron chi connectivity index (χ0n) is 13.4. The second-order valence-electron chi connectivity index (χ2n) is 5.14. The number of rotatable bonds is 6. The largest absolute Gasteiger partial charge is 0.497 e. The summed E-state index contributed by atoms with van der Waals surface area (Å²) in [6.07, 6.45) is 0. The van der Waals surface area contributed by atoms with Gasteiger partial charge in [0, 0.05) is 11.8 Å². The van der Waals surface area contributed by atoms with Gasteiger partial charge in [-0.25, -0.2) is 17.2 Å². The van der Waals surface area contributed by atoms with E-state index in [-0.39, 0.29) is 10.6 Å². The average Bonchev–Trinajstić information content (AvgIpc) is 2.57. The standard InChI is InChI=1S/C16H16F2N2O4S/c1-10(16(21)19-11-3-8-14(17)15(18)9-11)20-25(22,23)13-6-4-12(24-2)5-7-13/h3-10,20H,1-2H3,(H,19,21)/t10-/m0/s1. The van der Waals surface area contributed by atoms with Crippen LogP contribution in [-0.4, -0.2) is 27.5 Å². The van der Waals surface area contributed by atoms with Crippen LogP contribution in [0.15, 0.2) is 47.4 Å². The Kier molecular flexibility index (Phi) is 5.70. The predicted octanol–water partition coefficient (Wildman–Crippen LogP) is 2.28. The molecule has 0 fully saturated rings. The molecule has 0 aliphatic carbocycles. The van der Waals surface area contributed by atoms with Crippen LogP contribution >= 0.6 is 0 Å². The Morgan fingerprint density at radius 3 is 2.28 bits per heavy atom. The first-order valence-corrected chi connectivity index (χ1v) is 8.63. The van der Waals surface area contributed by atoms with Gasteiger partial charge in [0.15, 0.2) is 11.6 Å². The van der Waals surface area contributed by atoms with Crippen molar-refractivity contribution in [3.8, 4) is 5.75 Å². The van der Waals surface area contributed by atoms with Gasteiger partial charge in [-0.2, -0.15) is 4.72 Å². The van der Waals surface area contributed by atoms with Gasteiger partial charge in [-0.15, -0.1) is 0 Å². The molecule has 0 aliphatic heterocycles. The molecule has 2 rings (SSSR count). The fraction of sp³-hybridized carbons (Fsp3) is 0.188. The Bertz CT molecular complexity index is 870. The molecule has 1 atom stereocenters. The first-order chi connectivity index (χ1) is 11.7. The maximum Gasteiger partial charge on any atom is 0.242 e. The van der Waals surface area contributed by atoms with Crippen LogP contribution in [-0.2, 0) is 14.8 Å². The minimum Gasteiger partial charge on any atom is -0.497 e. The van der Waals surface area contributed by atoms with Crippen LogP contribution in [0.1, 0.15) is 6.92 Å². The third kappa shape index (κ3) is 4.74. The summed E-state index contributed by atoms with van der Waals surface area (Å²) in [6, 6.07) is 7.31. The van der Waals surface area contributed by atoms with Crippen molar-refractivity contribution in [3.05, 3.63) is 54.1 Å².